The quantitative estimate of drug-likeness (QED) is 0.0214. The Morgan fingerprint density at radius 1 is 0.333 bits per heavy atom. The molecule has 2 atom stereocenters. The fourth-order valence-electron chi connectivity index (χ4n) is 15.3. The number of hydrogen-bond acceptors (Lipinski definition) is 8. The summed E-state index contributed by atoms with van der Waals surface area (Å²) in [5.41, 5.74) is 16.9. The second kappa shape index (κ2) is 36.0. The first-order valence-electron chi connectivity index (χ1n) is 38.2. The van der Waals surface area contributed by atoms with E-state index in [1.807, 2.05) is 24.3 Å². The maximum absolute atomic E-state index is 11.9. The fraction of sp³-hybridized carbons (Fsp3) is 0.591. The van der Waals surface area contributed by atoms with Gasteiger partial charge in [-0.25, -0.2) is 0 Å². The molecule has 2 aliphatic heterocycles. The Morgan fingerprint density at radius 2 is 0.646 bits per heavy atom. The van der Waals surface area contributed by atoms with Gasteiger partial charge in [-0.2, -0.15) is 0 Å². The zero-order chi connectivity index (χ0) is 70.0. The summed E-state index contributed by atoms with van der Waals surface area (Å²) in [7, 11) is 0. The van der Waals surface area contributed by atoms with E-state index in [2.05, 4.69) is 147 Å². The molecule has 6 N–H and O–H groups in total. The molecule has 0 spiro atoms. The molecule has 0 radical (unpaired) electrons. The summed E-state index contributed by atoms with van der Waals surface area (Å²) >= 11 is 0. The van der Waals surface area contributed by atoms with E-state index in [0.717, 1.165) is 228 Å². The lowest BCUT2D eigenvalue weighted by Crippen LogP contribution is -2.30. The van der Waals surface area contributed by atoms with Gasteiger partial charge >= 0.3 is 0 Å². The number of phenols is 6. The first-order valence-corrected chi connectivity index (χ1v) is 38.2. The van der Waals surface area contributed by atoms with Gasteiger partial charge in [-0.05, 0) is 248 Å². The molecule has 0 unspecified atom stereocenters. The van der Waals surface area contributed by atoms with Gasteiger partial charge in [0.1, 0.15) is 57.2 Å². The van der Waals surface area contributed by atoms with E-state index in [0.29, 0.717) is 61.5 Å². The second-order valence-electron chi connectivity index (χ2n) is 31.3. The Balaban J connectivity index is 0.000000271. The van der Waals surface area contributed by atoms with Crippen molar-refractivity contribution < 1.29 is 40.1 Å². The standard InChI is InChI=1S/2C44H64O4/c2*1-9-11-13-18-32-27-39(45)36(22-20-30(5)17-15-16-29(3)4)42(47)34(32)23-24-35-33(19-14-12-10-2)28-40(46)41-37-26-31(6)21-25-38(37)44(7,8)48-43(35)41/h2*21,25-30,45-47H,9-20,22-24H2,1-8H3/t2*30-/m10/s1. The molecule has 0 aromatic heterocycles. The smallest absolute Gasteiger partial charge is 0.135 e. The molecule has 0 saturated carbocycles. The molecule has 8 nitrogen and oxygen atoms in total. The van der Waals surface area contributed by atoms with E-state index in [4.69, 9.17) is 9.47 Å². The Hall–Kier alpha value is -6.28. The number of ether oxygens (including phenoxy) is 2. The van der Waals surface area contributed by atoms with E-state index in [-0.39, 0.29) is 34.5 Å². The van der Waals surface area contributed by atoms with Crippen LogP contribution < -0.4 is 9.47 Å². The number of phenolic OH excluding ortho intramolecular Hbond substituents is 6. The Bertz CT molecular complexity index is 3260. The molecule has 6 aromatic carbocycles. The predicted molar refractivity (Wildman–Crippen MR) is 403 cm³/mol. The van der Waals surface area contributed by atoms with Gasteiger partial charge in [0.15, 0.2) is 0 Å². The van der Waals surface area contributed by atoms with E-state index < -0.39 is 11.2 Å². The largest absolute Gasteiger partial charge is 0.508 e. The molecule has 8 heteroatoms. The van der Waals surface area contributed by atoms with Crippen LogP contribution in [0, 0.1) is 37.5 Å². The minimum absolute atomic E-state index is 0.233. The Kier molecular flexibility index (Phi) is 28.9. The van der Waals surface area contributed by atoms with Crippen molar-refractivity contribution in [2.45, 2.75) is 315 Å². The molecule has 0 saturated heterocycles. The first-order chi connectivity index (χ1) is 45.7. The molecular formula is C88H128O8. The molecule has 2 heterocycles. The number of hydrogen-bond donors (Lipinski definition) is 6. The average molecular weight is 1310 g/mol. The number of rotatable bonds is 36. The minimum Gasteiger partial charge on any atom is -0.508 e. The highest BCUT2D eigenvalue weighted by Crippen LogP contribution is 2.55. The Labute approximate surface area is 582 Å². The van der Waals surface area contributed by atoms with Crippen molar-refractivity contribution in [2.75, 3.05) is 0 Å². The first kappa shape index (κ1) is 77.1. The molecule has 0 aliphatic carbocycles. The van der Waals surface area contributed by atoms with Gasteiger partial charge in [0.2, 0.25) is 0 Å². The van der Waals surface area contributed by atoms with Crippen molar-refractivity contribution in [3.8, 4) is 68.2 Å². The third kappa shape index (κ3) is 20.0. The van der Waals surface area contributed by atoms with Gasteiger partial charge < -0.3 is 40.1 Å². The Morgan fingerprint density at radius 3 is 0.969 bits per heavy atom. The van der Waals surface area contributed by atoms with Gasteiger partial charge in [-0.15, -0.1) is 0 Å². The molecular weight excluding hydrogens is 1180 g/mol. The number of benzene rings is 6. The summed E-state index contributed by atoms with van der Waals surface area (Å²) < 4.78 is 13.7. The third-order valence-electron chi connectivity index (χ3n) is 21.2. The highest BCUT2D eigenvalue weighted by Gasteiger charge is 2.39. The zero-order valence-electron chi connectivity index (χ0n) is 62.8. The number of unbranched alkanes of at least 4 members (excludes halogenated alkanes) is 8. The minimum atomic E-state index is -0.551. The van der Waals surface area contributed by atoms with Crippen LogP contribution in [0.2, 0.25) is 0 Å². The van der Waals surface area contributed by atoms with Crippen molar-refractivity contribution in [1.82, 2.24) is 0 Å². The van der Waals surface area contributed by atoms with Crippen molar-refractivity contribution in [3.05, 3.63) is 139 Å². The van der Waals surface area contributed by atoms with Crippen LogP contribution >= 0.6 is 0 Å². The SMILES string of the molecule is CCCCCc1cc(O)c(CC[C@@H](C)CCCC(C)C)c(O)c1CCc1c(CCCCC)cc(O)c2c1OC(C)(C)c1ccc(C)cc1-2.CCCCCc1cc(O)c(CC[C@H](C)CCCC(C)C)c(O)c1CCc1c(CCCCC)cc(O)c2c1OC(C)(C)c1ccc(C)cc1-2. The van der Waals surface area contributed by atoms with Gasteiger partial charge in [0, 0.05) is 22.3 Å². The van der Waals surface area contributed by atoms with Crippen molar-refractivity contribution in [3.63, 3.8) is 0 Å². The van der Waals surface area contributed by atoms with Crippen molar-refractivity contribution >= 4 is 0 Å². The predicted octanol–water partition coefficient (Wildman–Crippen LogP) is 24.1. The van der Waals surface area contributed by atoms with Crippen LogP contribution in [-0.4, -0.2) is 30.6 Å². The van der Waals surface area contributed by atoms with E-state index in [9.17, 15) is 30.6 Å². The molecule has 0 bridgehead atoms. The van der Waals surface area contributed by atoms with Crippen molar-refractivity contribution in [1.29, 1.82) is 0 Å². The normalized spacial score (nSPS) is 14.1. The lowest BCUT2D eigenvalue weighted by molar-refractivity contribution is 0.103. The average Bonchev–Trinajstić information content (AvgIpc) is 0.734. The lowest BCUT2D eigenvalue weighted by atomic mass is 9.81. The summed E-state index contributed by atoms with van der Waals surface area (Å²) in [5.74, 6) is 5.65. The van der Waals surface area contributed by atoms with Gasteiger partial charge in [0.25, 0.3) is 0 Å². The molecule has 6 aromatic rings. The van der Waals surface area contributed by atoms with E-state index >= 15 is 0 Å². The lowest BCUT2D eigenvalue weighted by Gasteiger charge is -2.37. The van der Waals surface area contributed by atoms with Crippen LogP contribution in [0.25, 0.3) is 22.3 Å². The number of aryl methyl sites for hydroxylation is 6. The number of fused-ring (bicyclic) bond motifs is 6. The highest BCUT2D eigenvalue weighted by molar-refractivity contribution is 5.85. The van der Waals surface area contributed by atoms with Crippen LogP contribution in [0.15, 0.2) is 60.7 Å². The van der Waals surface area contributed by atoms with E-state index in [1.54, 1.807) is 0 Å². The summed E-state index contributed by atoms with van der Waals surface area (Å²) in [4.78, 5) is 0. The molecule has 2 aliphatic rings. The molecule has 96 heavy (non-hydrogen) atoms. The van der Waals surface area contributed by atoms with Crippen LogP contribution in [0.4, 0.5) is 0 Å². The van der Waals surface area contributed by atoms with Gasteiger partial charge in [0.05, 0.1) is 11.1 Å². The maximum Gasteiger partial charge on any atom is 0.135 e. The van der Waals surface area contributed by atoms with Crippen LogP contribution in [0.5, 0.6) is 46.0 Å². The topological polar surface area (TPSA) is 140 Å². The molecule has 8 rings (SSSR count). The summed E-state index contributed by atoms with van der Waals surface area (Å²) in [6.45, 7) is 35.2. The monoisotopic (exact) mass is 1310 g/mol. The summed E-state index contributed by atoms with van der Waals surface area (Å²) in [6.07, 6.45) is 29.7. The van der Waals surface area contributed by atoms with Gasteiger partial charge in [-0.1, -0.05) is 207 Å². The second-order valence-corrected chi connectivity index (χ2v) is 31.3. The maximum atomic E-state index is 11.9. The zero-order valence-corrected chi connectivity index (χ0v) is 62.8. The van der Waals surface area contributed by atoms with E-state index in [1.165, 1.54) is 38.5 Å². The van der Waals surface area contributed by atoms with Crippen LogP contribution in [0.3, 0.4) is 0 Å². The molecule has 0 fully saturated rings. The summed E-state index contributed by atoms with van der Waals surface area (Å²) in [5, 5.41) is 69.3. The van der Waals surface area contributed by atoms with Gasteiger partial charge in [-0.3, -0.25) is 0 Å². The van der Waals surface area contributed by atoms with Crippen molar-refractivity contribution in [2.24, 2.45) is 23.7 Å². The summed E-state index contributed by atoms with van der Waals surface area (Å²) in [6, 6.07) is 20.7. The fourth-order valence-corrected chi connectivity index (χ4v) is 15.3. The highest BCUT2D eigenvalue weighted by atomic mass is 16.5. The molecule has 0 amide bonds. The number of aromatic hydroxyl groups is 6. The third-order valence-corrected chi connectivity index (χ3v) is 21.2. The van der Waals surface area contributed by atoms with Crippen LogP contribution in [0.1, 0.15) is 303 Å². The van der Waals surface area contributed by atoms with Crippen LogP contribution in [-0.2, 0) is 75.4 Å². The molecule has 528 valence electrons.